The first-order chi connectivity index (χ1) is 16.0. The molecule has 8 nitrogen and oxygen atoms in total. The topological polar surface area (TPSA) is 89.5 Å². The van der Waals surface area contributed by atoms with Crippen LogP contribution in [0.3, 0.4) is 0 Å². The normalized spacial score (nSPS) is 17.8. The van der Waals surface area contributed by atoms with Gasteiger partial charge in [0.25, 0.3) is 0 Å². The minimum absolute atomic E-state index is 0.0482. The van der Waals surface area contributed by atoms with Crippen LogP contribution in [0.5, 0.6) is 11.6 Å². The van der Waals surface area contributed by atoms with E-state index in [2.05, 4.69) is 26.8 Å². The molecular formula is C23H21F2N5O3. The first-order valence-corrected chi connectivity index (χ1v) is 10.6. The van der Waals surface area contributed by atoms with Crippen molar-refractivity contribution >= 4 is 28.4 Å². The van der Waals surface area contributed by atoms with E-state index in [1.807, 2.05) is 0 Å². The molecule has 0 radical (unpaired) electrons. The third-order valence-electron chi connectivity index (χ3n) is 5.49. The molecule has 1 saturated heterocycles. The summed E-state index contributed by atoms with van der Waals surface area (Å²) in [4.78, 5) is 26.2. The molecule has 2 fully saturated rings. The largest absolute Gasteiger partial charge is 0.487 e. The maximum Gasteiger partial charge on any atom is 0.246 e. The van der Waals surface area contributed by atoms with E-state index >= 15 is 0 Å². The van der Waals surface area contributed by atoms with Gasteiger partial charge in [-0.1, -0.05) is 6.58 Å². The average Bonchev–Trinajstić information content (AvgIpc) is 3.53. The first-order valence-electron chi connectivity index (χ1n) is 10.6. The Labute approximate surface area is 188 Å². The van der Waals surface area contributed by atoms with Gasteiger partial charge in [-0.3, -0.25) is 4.79 Å². The van der Waals surface area contributed by atoms with Crippen molar-refractivity contribution in [2.45, 2.75) is 31.5 Å². The summed E-state index contributed by atoms with van der Waals surface area (Å²) in [5.74, 6) is -1.85. The highest BCUT2D eigenvalue weighted by Gasteiger charge is 2.28. The van der Waals surface area contributed by atoms with Gasteiger partial charge in [0.2, 0.25) is 17.6 Å². The number of carbonyl (C=O) groups excluding carboxylic acids is 1. The fraction of sp³-hybridized carbons (Fsp3) is 0.304. The second kappa shape index (κ2) is 8.61. The molecule has 33 heavy (non-hydrogen) atoms. The fourth-order valence-electron chi connectivity index (χ4n) is 3.62. The quantitative estimate of drug-likeness (QED) is 0.545. The monoisotopic (exact) mass is 453 g/mol. The Kier molecular flexibility index (Phi) is 5.49. The molecule has 0 spiro atoms. The minimum Gasteiger partial charge on any atom is -0.487 e. The van der Waals surface area contributed by atoms with Gasteiger partial charge in [-0.05, 0) is 37.1 Å². The van der Waals surface area contributed by atoms with E-state index in [0.29, 0.717) is 36.4 Å². The Hall–Kier alpha value is -3.82. The predicted octanol–water partition coefficient (Wildman–Crippen LogP) is 3.75. The lowest BCUT2D eigenvalue weighted by Crippen LogP contribution is -2.29. The van der Waals surface area contributed by atoms with Crippen LogP contribution in [-0.2, 0) is 4.79 Å². The lowest BCUT2D eigenvalue weighted by molar-refractivity contribution is -0.125. The minimum atomic E-state index is -1.06. The highest BCUT2D eigenvalue weighted by molar-refractivity contribution is 5.88. The first kappa shape index (κ1) is 21.0. The molecule has 0 unspecified atom stereocenters. The molecule has 2 aromatic heterocycles. The number of amides is 1. The molecule has 170 valence electrons. The zero-order valence-corrected chi connectivity index (χ0v) is 17.6. The number of carbonyl (C=O) groups is 1. The van der Waals surface area contributed by atoms with E-state index in [1.165, 1.54) is 24.5 Å². The molecule has 1 atom stereocenters. The number of hydrogen-bond acceptors (Lipinski definition) is 7. The molecule has 3 heterocycles. The molecule has 1 saturated carbocycles. The molecule has 3 aromatic rings. The second-order valence-corrected chi connectivity index (χ2v) is 7.94. The van der Waals surface area contributed by atoms with Crippen LogP contribution in [0.2, 0.25) is 0 Å². The van der Waals surface area contributed by atoms with E-state index in [1.54, 1.807) is 17.0 Å². The smallest absolute Gasteiger partial charge is 0.246 e. The zero-order valence-electron chi connectivity index (χ0n) is 17.6. The molecule has 1 aliphatic carbocycles. The van der Waals surface area contributed by atoms with Crippen LogP contribution in [-0.4, -0.2) is 51.1 Å². The summed E-state index contributed by atoms with van der Waals surface area (Å²) in [7, 11) is 0. The number of likely N-dealkylation sites (tertiary alicyclic amines) is 1. The number of aromatic nitrogens is 3. The number of anilines is 2. The predicted molar refractivity (Wildman–Crippen MR) is 116 cm³/mol. The standard InChI is InChI=1S/C23H21F2N5O3/c1-2-19(31)30-10-9-14(11-30)33-18-8-6-16-22(29-18)23(27-12-26-16)28-15-5-7-17(21(25)20(15)24)32-13-3-4-13/h2,5-8,12-14H,1,3-4,9-11H2,(H,26,27,28)/t14-/m0/s1. The third-order valence-corrected chi connectivity index (χ3v) is 5.49. The van der Waals surface area contributed by atoms with Crippen molar-refractivity contribution in [3.05, 3.63) is 54.9 Å². The van der Waals surface area contributed by atoms with Crippen molar-refractivity contribution in [3.63, 3.8) is 0 Å². The SMILES string of the molecule is C=CC(=O)N1CC[C@H](Oc2ccc3ncnc(Nc4ccc(OC5CC5)c(F)c4F)c3n2)C1. The van der Waals surface area contributed by atoms with Gasteiger partial charge in [0.1, 0.15) is 17.9 Å². The van der Waals surface area contributed by atoms with E-state index in [0.717, 1.165) is 12.8 Å². The summed E-state index contributed by atoms with van der Waals surface area (Å²) in [5.41, 5.74) is 0.743. The number of fused-ring (bicyclic) bond motifs is 1. The fourth-order valence-corrected chi connectivity index (χ4v) is 3.62. The number of halogens is 2. The zero-order chi connectivity index (χ0) is 22.9. The molecule has 1 aromatic carbocycles. The molecule has 1 aliphatic heterocycles. The lowest BCUT2D eigenvalue weighted by Gasteiger charge is -2.16. The highest BCUT2D eigenvalue weighted by atomic mass is 19.2. The molecule has 0 bridgehead atoms. The van der Waals surface area contributed by atoms with E-state index in [9.17, 15) is 13.6 Å². The van der Waals surface area contributed by atoms with Crippen LogP contribution < -0.4 is 14.8 Å². The van der Waals surface area contributed by atoms with Gasteiger partial charge >= 0.3 is 0 Å². The molecule has 1 amide bonds. The summed E-state index contributed by atoms with van der Waals surface area (Å²) in [6.07, 6.45) is 4.66. The highest BCUT2D eigenvalue weighted by Crippen LogP contribution is 2.33. The number of pyridine rings is 1. The van der Waals surface area contributed by atoms with Gasteiger partial charge in [0, 0.05) is 19.0 Å². The molecule has 2 aliphatic rings. The molecule has 5 rings (SSSR count). The van der Waals surface area contributed by atoms with Crippen LogP contribution in [0.25, 0.3) is 11.0 Å². The number of nitrogens with zero attached hydrogens (tertiary/aromatic N) is 4. The Balaban J connectivity index is 1.37. The van der Waals surface area contributed by atoms with Gasteiger partial charge in [-0.25, -0.2) is 19.3 Å². The average molecular weight is 453 g/mol. The van der Waals surface area contributed by atoms with Crippen LogP contribution in [0.1, 0.15) is 19.3 Å². The van der Waals surface area contributed by atoms with Gasteiger partial charge in [-0.2, -0.15) is 4.39 Å². The van der Waals surface area contributed by atoms with Crippen LogP contribution in [0.15, 0.2) is 43.2 Å². The van der Waals surface area contributed by atoms with Gasteiger partial charge in [0.05, 0.1) is 23.9 Å². The summed E-state index contributed by atoms with van der Waals surface area (Å²) in [6, 6.07) is 6.16. The van der Waals surface area contributed by atoms with Crippen molar-refractivity contribution in [2.75, 3.05) is 18.4 Å². The summed E-state index contributed by atoms with van der Waals surface area (Å²) in [6.45, 7) is 4.51. The van der Waals surface area contributed by atoms with Crippen LogP contribution in [0, 0.1) is 11.6 Å². The molecule has 1 N–H and O–H groups in total. The Morgan fingerprint density at radius 2 is 1.94 bits per heavy atom. The summed E-state index contributed by atoms with van der Waals surface area (Å²) < 4.78 is 40.4. The third kappa shape index (κ3) is 4.41. The Bertz CT molecular complexity index is 1230. The Morgan fingerprint density at radius 1 is 1.09 bits per heavy atom. The van der Waals surface area contributed by atoms with Crippen molar-refractivity contribution in [3.8, 4) is 11.6 Å². The summed E-state index contributed by atoms with van der Waals surface area (Å²) >= 11 is 0. The lowest BCUT2D eigenvalue weighted by atomic mass is 10.2. The van der Waals surface area contributed by atoms with E-state index in [-0.39, 0.29) is 35.4 Å². The van der Waals surface area contributed by atoms with E-state index in [4.69, 9.17) is 9.47 Å². The van der Waals surface area contributed by atoms with Gasteiger partial charge < -0.3 is 19.7 Å². The van der Waals surface area contributed by atoms with Gasteiger partial charge in [0.15, 0.2) is 17.4 Å². The van der Waals surface area contributed by atoms with Crippen LogP contribution >= 0.6 is 0 Å². The summed E-state index contributed by atoms with van der Waals surface area (Å²) in [5, 5.41) is 2.80. The van der Waals surface area contributed by atoms with Gasteiger partial charge in [-0.15, -0.1) is 0 Å². The molecular weight excluding hydrogens is 432 g/mol. The number of rotatable bonds is 7. The van der Waals surface area contributed by atoms with Crippen molar-refractivity contribution in [2.24, 2.45) is 0 Å². The van der Waals surface area contributed by atoms with E-state index < -0.39 is 11.6 Å². The number of nitrogens with one attached hydrogen (secondary N) is 1. The second-order valence-electron chi connectivity index (χ2n) is 7.94. The number of benzene rings is 1. The van der Waals surface area contributed by atoms with Crippen LogP contribution in [0.4, 0.5) is 20.3 Å². The van der Waals surface area contributed by atoms with Crippen molar-refractivity contribution in [1.82, 2.24) is 19.9 Å². The number of ether oxygens (including phenoxy) is 2. The maximum absolute atomic E-state index is 14.7. The Morgan fingerprint density at radius 3 is 2.73 bits per heavy atom. The molecule has 10 heteroatoms. The maximum atomic E-state index is 14.7. The van der Waals surface area contributed by atoms with Crippen molar-refractivity contribution < 1.29 is 23.0 Å². The van der Waals surface area contributed by atoms with Crippen molar-refractivity contribution in [1.29, 1.82) is 0 Å². The number of hydrogen-bond donors (Lipinski definition) is 1.